The lowest BCUT2D eigenvalue weighted by atomic mass is 9.96. The molecule has 0 aromatic heterocycles. The summed E-state index contributed by atoms with van der Waals surface area (Å²) in [6.07, 6.45) is 3.88. The van der Waals surface area contributed by atoms with Gasteiger partial charge in [-0.15, -0.1) is 0 Å². The molecule has 25 heavy (non-hydrogen) atoms. The Morgan fingerprint density at radius 3 is 2.64 bits per heavy atom. The van der Waals surface area contributed by atoms with Crippen molar-refractivity contribution >= 4 is 17.7 Å². The molecular weight excluding hydrogens is 321 g/mol. The molecule has 1 amide bonds. The van der Waals surface area contributed by atoms with Crippen LogP contribution in [0.15, 0.2) is 49.1 Å². The van der Waals surface area contributed by atoms with Crippen LogP contribution < -0.4 is 9.47 Å². The number of nitrogens with zero attached hydrogens (tertiary/aromatic N) is 1. The van der Waals surface area contributed by atoms with Gasteiger partial charge in [0.2, 0.25) is 6.79 Å². The Kier molecular flexibility index (Phi) is 3.76. The monoisotopic (exact) mass is 337 g/mol. The first kappa shape index (κ1) is 15.4. The summed E-state index contributed by atoms with van der Waals surface area (Å²) >= 11 is 0. The maximum atomic E-state index is 12.9. The molecule has 0 radical (unpaired) electrons. The Balaban J connectivity index is 1.54. The zero-order valence-electron chi connectivity index (χ0n) is 13.5. The minimum atomic E-state index is -0.303. The molecule has 2 aromatic carbocycles. The van der Waals surface area contributed by atoms with Gasteiger partial charge in [-0.1, -0.05) is 18.7 Å². The highest BCUT2D eigenvalue weighted by Crippen LogP contribution is 2.39. The molecule has 2 aliphatic rings. The molecule has 0 spiro atoms. The summed E-state index contributed by atoms with van der Waals surface area (Å²) in [5.74, 6) is 0.958. The summed E-state index contributed by atoms with van der Waals surface area (Å²) in [5, 5.41) is 0. The summed E-state index contributed by atoms with van der Waals surface area (Å²) in [7, 11) is 0. The first-order chi connectivity index (χ1) is 12.1. The lowest BCUT2D eigenvalue weighted by Gasteiger charge is -2.30. The molecule has 0 saturated heterocycles. The molecule has 0 aliphatic carbocycles. The van der Waals surface area contributed by atoms with Gasteiger partial charge in [0.1, 0.15) is 5.82 Å². The second kappa shape index (κ2) is 6.09. The fourth-order valence-electron chi connectivity index (χ4n) is 3.05. The zero-order valence-corrected chi connectivity index (χ0v) is 13.5. The second-order valence-electron chi connectivity index (χ2n) is 5.93. The van der Waals surface area contributed by atoms with Crippen molar-refractivity contribution in [3.63, 3.8) is 0 Å². The molecule has 2 aliphatic heterocycles. The van der Waals surface area contributed by atoms with E-state index in [1.54, 1.807) is 23.1 Å². The number of ether oxygens (including phenoxy) is 2. The van der Waals surface area contributed by atoms with E-state index >= 15 is 0 Å². The maximum absolute atomic E-state index is 12.9. The zero-order chi connectivity index (χ0) is 17.4. The highest BCUT2D eigenvalue weighted by molar-refractivity contribution is 5.98. The second-order valence-corrected chi connectivity index (χ2v) is 5.93. The summed E-state index contributed by atoms with van der Waals surface area (Å²) in [4.78, 5) is 14.2. The van der Waals surface area contributed by atoms with Gasteiger partial charge in [-0.05, 0) is 47.9 Å². The first-order valence-electron chi connectivity index (χ1n) is 7.99. The molecule has 4 rings (SSSR count). The molecule has 126 valence electrons. The van der Waals surface area contributed by atoms with Gasteiger partial charge in [-0.3, -0.25) is 4.79 Å². The van der Waals surface area contributed by atoms with E-state index in [0.29, 0.717) is 18.0 Å². The number of hydrogen-bond acceptors (Lipinski definition) is 3. The van der Waals surface area contributed by atoms with Crippen LogP contribution in [0.1, 0.15) is 16.7 Å². The van der Waals surface area contributed by atoms with Gasteiger partial charge in [-0.2, -0.15) is 0 Å². The van der Waals surface area contributed by atoms with Gasteiger partial charge in [-0.25, -0.2) is 4.39 Å². The van der Waals surface area contributed by atoms with Gasteiger partial charge < -0.3 is 14.4 Å². The van der Waals surface area contributed by atoms with Crippen LogP contribution in [0.3, 0.4) is 0 Å². The normalized spacial score (nSPS) is 15.6. The molecule has 4 nitrogen and oxygen atoms in total. The minimum Gasteiger partial charge on any atom is -0.454 e. The third-order valence-corrected chi connectivity index (χ3v) is 4.39. The molecule has 2 heterocycles. The van der Waals surface area contributed by atoms with Crippen LogP contribution in [0.2, 0.25) is 0 Å². The van der Waals surface area contributed by atoms with Crippen LogP contribution in [-0.2, 0) is 11.2 Å². The van der Waals surface area contributed by atoms with Crippen LogP contribution in [0.25, 0.3) is 11.8 Å². The van der Waals surface area contributed by atoms with Crippen molar-refractivity contribution < 1.29 is 18.7 Å². The van der Waals surface area contributed by atoms with Gasteiger partial charge in [0.05, 0.1) is 0 Å². The largest absolute Gasteiger partial charge is 0.454 e. The smallest absolute Gasteiger partial charge is 0.250 e. The molecule has 0 bridgehead atoms. The van der Waals surface area contributed by atoms with Crippen LogP contribution in [0, 0.1) is 5.82 Å². The van der Waals surface area contributed by atoms with Crippen LogP contribution in [0.4, 0.5) is 4.39 Å². The molecule has 5 heteroatoms. The number of carbonyl (C=O) groups is 1. The fourth-order valence-corrected chi connectivity index (χ4v) is 3.05. The van der Waals surface area contributed by atoms with E-state index < -0.39 is 0 Å². The van der Waals surface area contributed by atoms with Crippen molar-refractivity contribution in [3.8, 4) is 11.5 Å². The Morgan fingerprint density at radius 2 is 1.88 bits per heavy atom. The SMILES string of the molecule is C=C1c2cc3c(cc2CCN1C(=O)C=Cc1ccc(F)cc1)OCO3. The van der Waals surface area contributed by atoms with E-state index in [-0.39, 0.29) is 18.5 Å². The third-order valence-electron chi connectivity index (χ3n) is 4.39. The number of halogens is 1. The summed E-state index contributed by atoms with van der Waals surface area (Å²) in [5.41, 5.74) is 3.41. The van der Waals surface area contributed by atoms with Crippen LogP contribution in [-0.4, -0.2) is 24.1 Å². The standard InChI is InChI=1S/C20H16FNO3/c1-13-17-11-19-18(24-12-25-19)10-15(17)8-9-22(13)20(23)7-4-14-2-5-16(21)6-3-14/h2-7,10-11H,1,8-9,12H2. The van der Waals surface area contributed by atoms with E-state index in [4.69, 9.17) is 9.47 Å². The van der Waals surface area contributed by atoms with Crippen molar-refractivity contribution in [2.24, 2.45) is 0 Å². The number of fused-ring (bicyclic) bond motifs is 2. The summed E-state index contributed by atoms with van der Waals surface area (Å²) in [6.45, 7) is 4.85. The molecule has 0 fully saturated rings. The van der Waals surface area contributed by atoms with Crippen molar-refractivity contribution in [2.45, 2.75) is 6.42 Å². The van der Waals surface area contributed by atoms with Crippen molar-refractivity contribution in [1.29, 1.82) is 0 Å². The van der Waals surface area contributed by atoms with Gasteiger partial charge in [0.25, 0.3) is 5.91 Å². The summed E-state index contributed by atoms with van der Waals surface area (Å²) in [6, 6.07) is 9.81. The molecule has 0 N–H and O–H groups in total. The predicted octanol–water partition coefficient (Wildman–Crippen LogP) is 3.62. The van der Waals surface area contributed by atoms with Gasteiger partial charge in [0.15, 0.2) is 11.5 Å². The van der Waals surface area contributed by atoms with E-state index in [1.807, 2.05) is 12.1 Å². The molecule has 2 aromatic rings. The number of hydrogen-bond donors (Lipinski definition) is 0. The van der Waals surface area contributed by atoms with Crippen molar-refractivity contribution in [2.75, 3.05) is 13.3 Å². The number of carbonyl (C=O) groups excluding carboxylic acids is 1. The average molecular weight is 337 g/mol. The van der Waals surface area contributed by atoms with Gasteiger partial charge >= 0.3 is 0 Å². The predicted molar refractivity (Wildman–Crippen MR) is 92.5 cm³/mol. The highest BCUT2D eigenvalue weighted by atomic mass is 19.1. The van der Waals surface area contributed by atoms with Crippen LogP contribution >= 0.6 is 0 Å². The minimum absolute atomic E-state index is 0.155. The Hall–Kier alpha value is -3.08. The van der Waals surface area contributed by atoms with Crippen LogP contribution in [0.5, 0.6) is 11.5 Å². The van der Waals surface area contributed by atoms with Crippen molar-refractivity contribution in [3.05, 3.63) is 71.6 Å². The van der Waals surface area contributed by atoms with E-state index in [0.717, 1.165) is 28.9 Å². The third kappa shape index (κ3) is 2.89. The van der Waals surface area contributed by atoms with E-state index in [1.165, 1.54) is 18.2 Å². The lowest BCUT2D eigenvalue weighted by Crippen LogP contribution is -2.33. The fraction of sp³-hybridized carbons (Fsp3) is 0.150. The Labute approximate surface area is 144 Å². The number of amides is 1. The van der Waals surface area contributed by atoms with Crippen molar-refractivity contribution in [1.82, 2.24) is 4.90 Å². The quantitative estimate of drug-likeness (QED) is 0.786. The van der Waals surface area contributed by atoms with E-state index in [9.17, 15) is 9.18 Å². The average Bonchev–Trinajstić information content (AvgIpc) is 3.07. The molecular formula is C20H16FNO3. The molecule has 0 saturated carbocycles. The Bertz CT molecular complexity index is 887. The number of rotatable bonds is 2. The maximum Gasteiger partial charge on any atom is 0.250 e. The topological polar surface area (TPSA) is 38.8 Å². The molecule has 0 unspecified atom stereocenters. The highest BCUT2D eigenvalue weighted by Gasteiger charge is 2.26. The van der Waals surface area contributed by atoms with E-state index in [2.05, 4.69) is 6.58 Å². The number of benzene rings is 2. The Morgan fingerprint density at radius 1 is 1.16 bits per heavy atom. The first-order valence-corrected chi connectivity index (χ1v) is 7.99. The summed E-state index contributed by atoms with van der Waals surface area (Å²) < 4.78 is 23.7. The molecule has 0 atom stereocenters. The lowest BCUT2D eigenvalue weighted by molar-refractivity contribution is -0.123. The van der Waals surface area contributed by atoms with Gasteiger partial charge in [0, 0.05) is 23.9 Å².